The van der Waals surface area contributed by atoms with Crippen LogP contribution in [0, 0.1) is 5.92 Å². The van der Waals surface area contributed by atoms with Crippen molar-refractivity contribution in [1.82, 2.24) is 4.57 Å². The Labute approximate surface area is 176 Å². The van der Waals surface area contributed by atoms with E-state index in [4.69, 9.17) is 27.9 Å². The van der Waals surface area contributed by atoms with Gasteiger partial charge in [-0.25, -0.2) is 0 Å². The van der Waals surface area contributed by atoms with E-state index in [0.29, 0.717) is 36.4 Å². The molecule has 0 fully saturated rings. The van der Waals surface area contributed by atoms with E-state index >= 15 is 0 Å². The lowest BCUT2D eigenvalue weighted by Crippen LogP contribution is -2.13. The molecule has 0 aliphatic rings. The molecular weight excluding hydrogens is 393 g/mol. The Bertz CT molecular complexity index is 962. The molecule has 2 aromatic carbocycles. The summed E-state index contributed by atoms with van der Waals surface area (Å²) in [5.74, 6) is 1.94. The number of hydrogen-bond donors (Lipinski definition) is 0. The predicted molar refractivity (Wildman–Crippen MR) is 118 cm³/mol. The lowest BCUT2D eigenvalue weighted by molar-refractivity contribution is -0.120. The quantitative estimate of drug-likeness (QED) is 0.290. The van der Waals surface area contributed by atoms with Gasteiger partial charge in [0.15, 0.2) is 5.78 Å². The van der Waals surface area contributed by atoms with Gasteiger partial charge in [-0.3, -0.25) is 4.79 Å². The highest BCUT2D eigenvalue weighted by atomic mass is 35.5. The number of fused-ring (bicyclic) bond motifs is 1. The van der Waals surface area contributed by atoms with E-state index in [1.165, 1.54) is 0 Å². The lowest BCUT2D eigenvalue weighted by Gasteiger charge is -2.12. The number of hydrogen-bond acceptors (Lipinski definition) is 2. The topological polar surface area (TPSA) is 31.2 Å². The summed E-state index contributed by atoms with van der Waals surface area (Å²) in [5, 5.41) is 1.71. The van der Waals surface area contributed by atoms with Gasteiger partial charge in [-0.05, 0) is 54.3 Å². The average Bonchev–Trinajstić information content (AvgIpc) is 2.99. The minimum absolute atomic E-state index is 0.221. The number of halogens is 2. The number of ether oxygens (including phenoxy) is 1. The Balaban J connectivity index is 2.02. The maximum absolute atomic E-state index is 12.6. The highest BCUT2D eigenvalue weighted by Crippen LogP contribution is 2.32. The van der Waals surface area contributed by atoms with E-state index in [1.807, 2.05) is 42.5 Å². The van der Waals surface area contributed by atoms with Gasteiger partial charge in [0, 0.05) is 33.9 Å². The molecule has 0 unspecified atom stereocenters. The molecule has 0 N–H and O–H groups in total. The number of carbonyl (C=O) groups excluding carboxylic acids is 1. The first-order chi connectivity index (χ1) is 13.5. The Morgan fingerprint density at radius 1 is 1.14 bits per heavy atom. The zero-order valence-corrected chi connectivity index (χ0v) is 17.8. The molecule has 0 amide bonds. The number of carbonyl (C=O) groups is 1. The van der Waals surface area contributed by atoms with Gasteiger partial charge in [0.05, 0.1) is 13.2 Å². The molecule has 0 spiro atoms. The van der Waals surface area contributed by atoms with Crippen LogP contribution >= 0.6 is 23.2 Å². The molecule has 28 heavy (non-hydrogen) atoms. The van der Waals surface area contributed by atoms with Crippen LogP contribution in [0.2, 0.25) is 5.02 Å². The number of rotatable bonds is 9. The SMILES string of the molecule is CC(C)CC(=O)Cn1c(-c2cccc(Cl)c2)cc2cc(OCCCCl)ccc21. The third-order valence-corrected chi connectivity index (χ3v) is 5.01. The Morgan fingerprint density at radius 2 is 1.96 bits per heavy atom. The highest BCUT2D eigenvalue weighted by molar-refractivity contribution is 6.30. The molecule has 3 aromatic rings. The van der Waals surface area contributed by atoms with Crippen molar-refractivity contribution >= 4 is 39.9 Å². The Morgan fingerprint density at radius 3 is 2.68 bits per heavy atom. The normalized spacial score (nSPS) is 11.3. The van der Waals surface area contributed by atoms with E-state index in [9.17, 15) is 4.79 Å². The zero-order chi connectivity index (χ0) is 20.1. The minimum atomic E-state index is 0.221. The summed E-state index contributed by atoms with van der Waals surface area (Å²) in [4.78, 5) is 12.6. The molecule has 1 aromatic heterocycles. The number of Topliss-reactive ketones (excluding diaryl/α,β-unsaturated/α-hetero) is 1. The van der Waals surface area contributed by atoms with Gasteiger partial charge in [0.2, 0.25) is 0 Å². The molecule has 1 heterocycles. The van der Waals surface area contributed by atoms with Crippen LogP contribution in [-0.4, -0.2) is 22.8 Å². The van der Waals surface area contributed by atoms with E-state index in [-0.39, 0.29) is 5.78 Å². The van der Waals surface area contributed by atoms with Crippen LogP contribution in [0.4, 0.5) is 0 Å². The fraction of sp³-hybridized carbons (Fsp3) is 0.348. The van der Waals surface area contributed by atoms with Crippen molar-refractivity contribution in [3.05, 3.63) is 53.6 Å². The van der Waals surface area contributed by atoms with Crippen molar-refractivity contribution < 1.29 is 9.53 Å². The molecule has 3 rings (SSSR count). The van der Waals surface area contributed by atoms with Crippen LogP contribution in [0.25, 0.3) is 22.2 Å². The van der Waals surface area contributed by atoms with Crippen LogP contribution in [0.5, 0.6) is 5.75 Å². The van der Waals surface area contributed by atoms with Crippen molar-refractivity contribution in [3.63, 3.8) is 0 Å². The van der Waals surface area contributed by atoms with Crippen molar-refractivity contribution in [3.8, 4) is 17.0 Å². The van der Waals surface area contributed by atoms with E-state index in [0.717, 1.165) is 34.3 Å². The third kappa shape index (κ3) is 5.09. The zero-order valence-electron chi connectivity index (χ0n) is 16.3. The van der Waals surface area contributed by atoms with Crippen LogP contribution in [-0.2, 0) is 11.3 Å². The first kappa shape index (κ1) is 20.8. The van der Waals surface area contributed by atoms with Gasteiger partial charge in [0.1, 0.15) is 5.75 Å². The maximum atomic E-state index is 12.6. The van der Waals surface area contributed by atoms with Crippen molar-refractivity contribution in [2.45, 2.75) is 33.2 Å². The summed E-state index contributed by atoms with van der Waals surface area (Å²) in [7, 11) is 0. The molecule has 0 aliphatic carbocycles. The molecule has 0 saturated heterocycles. The number of aromatic nitrogens is 1. The van der Waals surface area contributed by atoms with Crippen LogP contribution < -0.4 is 4.74 Å². The molecule has 3 nitrogen and oxygen atoms in total. The predicted octanol–water partition coefficient (Wildman–Crippen LogP) is 6.58. The molecule has 0 aliphatic heterocycles. The summed E-state index contributed by atoms with van der Waals surface area (Å²) in [6.45, 7) is 5.06. The van der Waals surface area contributed by atoms with Crippen molar-refractivity contribution in [2.75, 3.05) is 12.5 Å². The first-order valence-corrected chi connectivity index (χ1v) is 10.5. The minimum Gasteiger partial charge on any atom is -0.494 e. The molecular formula is C23H25Cl2NO2. The van der Waals surface area contributed by atoms with Crippen LogP contribution in [0.1, 0.15) is 26.7 Å². The van der Waals surface area contributed by atoms with Crippen molar-refractivity contribution in [2.24, 2.45) is 5.92 Å². The maximum Gasteiger partial charge on any atom is 0.152 e. The molecule has 5 heteroatoms. The number of benzene rings is 2. The summed E-state index contributed by atoms with van der Waals surface area (Å²) >= 11 is 11.9. The second-order valence-electron chi connectivity index (χ2n) is 7.37. The first-order valence-electron chi connectivity index (χ1n) is 9.57. The average molecular weight is 418 g/mol. The standard InChI is InChI=1S/C23H25Cl2NO2/c1-16(2)11-20(27)15-26-22-8-7-21(28-10-4-9-24)13-18(22)14-23(26)17-5-3-6-19(25)12-17/h3,5-8,12-14,16H,4,9-11,15H2,1-2H3. The molecule has 0 radical (unpaired) electrons. The molecule has 0 saturated carbocycles. The third-order valence-electron chi connectivity index (χ3n) is 4.51. The fourth-order valence-corrected chi connectivity index (χ4v) is 3.64. The molecule has 0 bridgehead atoms. The summed E-state index contributed by atoms with van der Waals surface area (Å²) < 4.78 is 7.86. The summed E-state index contributed by atoms with van der Waals surface area (Å²) in [5.41, 5.74) is 2.98. The fourth-order valence-electron chi connectivity index (χ4n) is 3.34. The second-order valence-corrected chi connectivity index (χ2v) is 8.19. The number of alkyl halides is 1. The van der Waals surface area contributed by atoms with Gasteiger partial charge < -0.3 is 9.30 Å². The monoisotopic (exact) mass is 417 g/mol. The summed E-state index contributed by atoms with van der Waals surface area (Å²) in [6.07, 6.45) is 1.37. The number of ketones is 1. The Kier molecular flexibility index (Phi) is 7.03. The second kappa shape index (κ2) is 9.49. The number of nitrogens with zero attached hydrogens (tertiary/aromatic N) is 1. The van der Waals surface area contributed by atoms with Crippen molar-refractivity contribution in [1.29, 1.82) is 0 Å². The van der Waals surface area contributed by atoms with Gasteiger partial charge in [-0.2, -0.15) is 0 Å². The molecule has 148 valence electrons. The van der Waals surface area contributed by atoms with E-state index in [2.05, 4.69) is 24.5 Å². The smallest absolute Gasteiger partial charge is 0.152 e. The Hall–Kier alpha value is -1.97. The lowest BCUT2D eigenvalue weighted by atomic mass is 10.1. The largest absolute Gasteiger partial charge is 0.494 e. The van der Waals surface area contributed by atoms with Gasteiger partial charge in [-0.15, -0.1) is 11.6 Å². The van der Waals surface area contributed by atoms with E-state index in [1.54, 1.807) is 0 Å². The highest BCUT2D eigenvalue weighted by Gasteiger charge is 2.15. The van der Waals surface area contributed by atoms with Gasteiger partial charge in [-0.1, -0.05) is 37.6 Å². The van der Waals surface area contributed by atoms with E-state index < -0.39 is 0 Å². The van der Waals surface area contributed by atoms with Crippen LogP contribution in [0.15, 0.2) is 48.5 Å². The summed E-state index contributed by atoms with van der Waals surface area (Å²) in [6, 6.07) is 15.8. The van der Waals surface area contributed by atoms with Gasteiger partial charge >= 0.3 is 0 Å². The van der Waals surface area contributed by atoms with Crippen LogP contribution in [0.3, 0.4) is 0 Å². The van der Waals surface area contributed by atoms with Gasteiger partial charge in [0.25, 0.3) is 0 Å². The molecule has 0 atom stereocenters.